The Morgan fingerprint density at radius 1 is 1.16 bits per heavy atom. The highest BCUT2D eigenvalue weighted by atomic mass is 35.5. The number of benzene rings is 1. The molecule has 3 amide bonds. The molecule has 1 N–H and O–H groups in total. The maximum atomic E-state index is 12.7. The number of carbonyl (C=O) groups excluding carboxylic acids is 2. The highest BCUT2D eigenvalue weighted by Gasteiger charge is 2.32. The Labute approximate surface area is 191 Å². The van der Waals surface area contributed by atoms with E-state index < -0.39 is 24.9 Å². The molecular formula is C22H30ClF3N4O2. The van der Waals surface area contributed by atoms with E-state index in [1.807, 2.05) is 29.7 Å². The molecule has 0 unspecified atom stereocenters. The number of piperazine rings is 1. The van der Waals surface area contributed by atoms with Crippen LogP contribution in [0.3, 0.4) is 0 Å². The molecule has 10 heteroatoms. The standard InChI is InChI=1S/C22H30ClF3N4O2/c1-15-13-28(9-10-30(15)21(32)29-7-3-4-8-29)14-17-11-18(23)12-19(16(17)2)27-20(31)5-6-22(24,25)26/h11-12,15H,3-10,13-14H2,1-2H3,(H,27,31)/t15-/m0/s1. The fraction of sp³-hybridized carbons (Fsp3) is 0.636. The molecule has 0 aliphatic carbocycles. The molecule has 0 bridgehead atoms. The Morgan fingerprint density at radius 2 is 1.84 bits per heavy atom. The maximum absolute atomic E-state index is 12.7. The Balaban J connectivity index is 1.61. The van der Waals surface area contributed by atoms with E-state index in [0.717, 1.165) is 37.1 Å². The molecule has 3 rings (SSSR count). The van der Waals surface area contributed by atoms with Crippen molar-refractivity contribution in [3.63, 3.8) is 0 Å². The number of halogens is 4. The van der Waals surface area contributed by atoms with E-state index in [2.05, 4.69) is 10.2 Å². The molecule has 2 aliphatic heterocycles. The molecule has 178 valence electrons. The van der Waals surface area contributed by atoms with E-state index in [-0.39, 0.29) is 12.1 Å². The van der Waals surface area contributed by atoms with Crippen LogP contribution in [-0.4, -0.2) is 71.6 Å². The fourth-order valence-corrected chi connectivity index (χ4v) is 4.53. The van der Waals surface area contributed by atoms with Crippen molar-refractivity contribution in [3.8, 4) is 0 Å². The van der Waals surface area contributed by atoms with Crippen molar-refractivity contribution in [2.45, 2.75) is 58.3 Å². The quantitative estimate of drug-likeness (QED) is 0.675. The number of rotatable bonds is 5. The van der Waals surface area contributed by atoms with Crippen LogP contribution in [0.25, 0.3) is 0 Å². The molecule has 0 radical (unpaired) electrons. The summed E-state index contributed by atoms with van der Waals surface area (Å²) in [6.07, 6.45) is -4.05. The molecule has 2 heterocycles. The second kappa shape index (κ2) is 10.3. The largest absolute Gasteiger partial charge is 0.389 e. The van der Waals surface area contributed by atoms with Crippen LogP contribution in [0, 0.1) is 6.92 Å². The molecule has 2 saturated heterocycles. The summed E-state index contributed by atoms with van der Waals surface area (Å²) in [5, 5.41) is 2.97. The number of urea groups is 1. The first-order valence-corrected chi connectivity index (χ1v) is 11.3. The Hall–Kier alpha value is -2.00. The Kier molecular flexibility index (Phi) is 7.92. The maximum Gasteiger partial charge on any atom is 0.389 e. The predicted molar refractivity (Wildman–Crippen MR) is 118 cm³/mol. The number of nitrogens with zero attached hydrogens (tertiary/aromatic N) is 3. The lowest BCUT2D eigenvalue weighted by atomic mass is 10.0. The normalized spacial score (nSPS) is 20.0. The summed E-state index contributed by atoms with van der Waals surface area (Å²) >= 11 is 6.23. The molecule has 2 aliphatic rings. The number of alkyl halides is 3. The van der Waals surface area contributed by atoms with Gasteiger partial charge in [-0.1, -0.05) is 11.6 Å². The van der Waals surface area contributed by atoms with Crippen LogP contribution < -0.4 is 5.32 Å². The zero-order valence-electron chi connectivity index (χ0n) is 18.5. The average molecular weight is 475 g/mol. The second-order valence-corrected chi connectivity index (χ2v) is 9.09. The number of likely N-dealkylation sites (tertiary alicyclic amines) is 1. The van der Waals surface area contributed by atoms with Gasteiger partial charge in [0, 0.05) is 62.4 Å². The summed E-state index contributed by atoms with van der Waals surface area (Å²) < 4.78 is 37.2. The molecule has 0 spiro atoms. The van der Waals surface area contributed by atoms with Crippen molar-refractivity contribution in [1.29, 1.82) is 0 Å². The first-order valence-electron chi connectivity index (χ1n) is 11.0. The SMILES string of the molecule is Cc1c(CN2CCN(C(=O)N3CCCC3)[C@@H](C)C2)cc(Cl)cc1NC(=O)CCC(F)(F)F. The fourth-order valence-electron chi connectivity index (χ4n) is 4.29. The average Bonchev–Trinajstić information content (AvgIpc) is 3.24. The Bertz CT molecular complexity index is 843. The van der Waals surface area contributed by atoms with Gasteiger partial charge in [-0.25, -0.2) is 4.79 Å². The molecule has 2 fully saturated rings. The summed E-state index contributed by atoms with van der Waals surface area (Å²) in [5.41, 5.74) is 2.10. The van der Waals surface area contributed by atoms with Gasteiger partial charge in [0.25, 0.3) is 0 Å². The minimum Gasteiger partial charge on any atom is -0.326 e. The number of hydrogen-bond acceptors (Lipinski definition) is 3. The van der Waals surface area contributed by atoms with E-state index in [1.165, 1.54) is 0 Å². The van der Waals surface area contributed by atoms with Crippen LogP contribution in [0.15, 0.2) is 12.1 Å². The van der Waals surface area contributed by atoms with Gasteiger partial charge < -0.3 is 15.1 Å². The van der Waals surface area contributed by atoms with Gasteiger partial charge in [0.15, 0.2) is 0 Å². The molecule has 32 heavy (non-hydrogen) atoms. The second-order valence-electron chi connectivity index (χ2n) is 8.66. The molecule has 6 nitrogen and oxygen atoms in total. The summed E-state index contributed by atoms with van der Waals surface area (Å²) in [6.45, 7) is 8.14. The van der Waals surface area contributed by atoms with Crippen molar-refractivity contribution in [3.05, 3.63) is 28.3 Å². The highest BCUT2D eigenvalue weighted by Crippen LogP contribution is 2.28. The highest BCUT2D eigenvalue weighted by molar-refractivity contribution is 6.31. The van der Waals surface area contributed by atoms with Gasteiger partial charge in [0.2, 0.25) is 5.91 Å². The lowest BCUT2D eigenvalue weighted by Gasteiger charge is -2.41. The topological polar surface area (TPSA) is 55.9 Å². The van der Waals surface area contributed by atoms with Crippen molar-refractivity contribution < 1.29 is 22.8 Å². The smallest absolute Gasteiger partial charge is 0.326 e. The predicted octanol–water partition coefficient (Wildman–Crippen LogP) is 4.65. The molecule has 0 aromatic heterocycles. The van der Waals surface area contributed by atoms with Gasteiger partial charge in [0.05, 0.1) is 6.42 Å². The third kappa shape index (κ3) is 6.51. The molecule has 0 saturated carbocycles. The van der Waals surface area contributed by atoms with Crippen molar-refractivity contribution in [1.82, 2.24) is 14.7 Å². The summed E-state index contributed by atoms with van der Waals surface area (Å²) in [4.78, 5) is 30.8. The molecule has 1 atom stereocenters. The van der Waals surface area contributed by atoms with Crippen molar-refractivity contribution in [2.75, 3.05) is 38.0 Å². The zero-order valence-corrected chi connectivity index (χ0v) is 19.2. The number of carbonyl (C=O) groups is 2. The van der Waals surface area contributed by atoms with Gasteiger partial charge in [-0.3, -0.25) is 9.69 Å². The first-order chi connectivity index (χ1) is 15.0. The molecule has 1 aromatic rings. The van der Waals surface area contributed by atoms with Crippen LogP contribution in [0.2, 0.25) is 5.02 Å². The van der Waals surface area contributed by atoms with E-state index in [1.54, 1.807) is 6.07 Å². The van der Waals surface area contributed by atoms with Crippen LogP contribution in [0.4, 0.5) is 23.7 Å². The number of nitrogens with one attached hydrogen (secondary N) is 1. The monoisotopic (exact) mass is 474 g/mol. The minimum atomic E-state index is -4.37. The lowest BCUT2D eigenvalue weighted by molar-refractivity contribution is -0.142. The van der Waals surface area contributed by atoms with E-state index >= 15 is 0 Å². The first kappa shape index (κ1) is 24.6. The Morgan fingerprint density at radius 3 is 2.47 bits per heavy atom. The number of amides is 3. The van der Waals surface area contributed by atoms with Crippen LogP contribution >= 0.6 is 11.6 Å². The van der Waals surface area contributed by atoms with Gasteiger partial charge in [0.1, 0.15) is 0 Å². The molecule has 1 aromatic carbocycles. The van der Waals surface area contributed by atoms with Crippen LogP contribution in [-0.2, 0) is 11.3 Å². The third-order valence-electron chi connectivity index (χ3n) is 6.12. The number of hydrogen-bond donors (Lipinski definition) is 1. The summed E-state index contributed by atoms with van der Waals surface area (Å²) in [6, 6.07) is 3.55. The molecular weight excluding hydrogens is 445 g/mol. The van der Waals surface area contributed by atoms with E-state index in [4.69, 9.17) is 11.6 Å². The third-order valence-corrected chi connectivity index (χ3v) is 6.34. The van der Waals surface area contributed by atoms with Gasteiger partial charge >= 0.3 is 12.2 Å². The van der Waals surface area contributed by atoms with Gasteiger partial charge in [-0.2, -0.15) is 13.2 Å². The van der Waals surface area contributed by atoms with Crippen LogP contribution in [0.5, 0.6) is 0 Å². The van der Waals surface area contributed by atoms with Gasteiger partial charge in [-0.05, 0) is 49.9 Å². The lowest BCUT2D eigenvalue weighted by Crippen LogP contribution is -2.56. The van der Waals surface area contributed by atoms with E-state index in [0.29, 0.717) is 36.9 Å². The number of anilines is 1. The summed E-state index contributed by atoms with van der Waals surface area (Å²) in [7, 11) is 0. The van der Waals surface area contributed by atoms with Gasteiger partial charge in [-0.15, -0.1) is 0 Å². The zero-order chi connectivity index (χ0) is 23.5. The van der Waals surface area contributed by atoms with Crippen LogP contribution in [0.1, 0.15) is 43.7 Å². The van der Waals surface area contributed by atoms with E-state index in [9.17, 15) is 22.8 Å². The van der Waals surface area contributed by atoms with Crippen molar-refractivity contribution in [2.24, 2.45) is 0 Å². The van der Waals surface area contributed by atoms with Crippen molar-refractivity contribution >= 4 is 29.2 Å². The minimum absolute atomic E-state index is 0.0675. The summed E-state index contributed by atoms with van der Waals surface area (Å²) in [5.74, 6) is -0.693.